The van der Waals surface area contributed by atoms with Crippen LogP contribution in [0.2, 0.25) is 0 Å². The number of H-pyrrole nitrogens is 1. The molecular weight excluding hydrogens is 252 g/mol. The van der Waals surface area contributed by atoms with E-state index in [-0.39, 0.29) is 5.56 Å². The summed E-state index contributed by atoms with van der Waals surface area (Å²) in [5.41, 5.74) is 1.61. The van der Waals surface area contributed by atoms with Crippen molar-refractivity contribution in [1.82, 2.24) is 19.5 Å². The molecule has 0 saturated heterocycles. The number of nitrogens with one attached hydrogen (secondary N) is 1. The fraction of sp³-hybridized carbons (Fsp3) is 0.400. The van der Waals surface area contributed by atoms with Crippen LogP contribution in [0.15, 0.2) is 29.6 Å². The fourth-order valence-corrected chi connectivity index (χ4v) is 3.31. The molecule has 0 bridgehead atoms. The van der Waals surface area contributed by atoms with Crippen molar-refractivity contribution in [3.63, 3.8) is 0 Å². The van der Waals surface area contributed by atoms with Gasteiger partial charge in [-0.25, -0.2) is 4.98 Å². The molecule has 4 rings (SSSR count). The van der Waals surface area contributed by atoms with Gasteiger partial charge in [-0.1, -0.05) is 19.3 Å². The van der Waals surface area contributed by atoms with Crippen LogP contribution in [0.3, 0.4) is 0 Å². The van der Waals surface area contributed by atoms with Crippen LogP contribution in [0.5, 0.6) is 0 Å². The number of aromatic amines is 1. The molecule has 20 heavy (non-hydrogen) atoms. The first-order chi connectivity index (χ1) is 9.84. The Kier molecular flexibility index (Phi) is 2.58. The third-order valence-electron chi connectivity index (χ3n) is 4.31. The van der Waals surface area contributed by atoms with Crippen molar-refractivity contribution in [2.45, 2.75) is 38.1 Å². The van der Waals surface area contributed by atoms with Crippen LogP contribution in [0.1, 0.15) is 38.1 Å². The highest BCUT2D eigenvalue weighted by molar-refractivity contribution is 6.01. The van der Waals surface area contributed by atoms with E-state index >= 15 is 0 Å². The van der Waals surface area contributed by atoms with Gasteiger partial charge in [-0.15, -0.1) is 0 Å². The maximum Gasteiger partial charge on any atom is 0.282 e. The number of aromatic nitrogens is 4. The third kappa shape index (κ3) is 1.66. The first kappa shape index (κ1) is 11.6. The molecule has 0 unspecified atom stereocenters. The second-order valence-electron chi connectivity index (χ2n) is 5.51. The molecule has 0 atom stereocenters. The van der Waals surface area contributed by atoms with Crippen LogP contribution in [0.4, 0.5) is 0 Å². The van der Waals surface area contributed by atoms with E-state index in [4.69, 9.17) is 0 Å². The van der Waals surface area contributed by atoms with Crippen molar-refractivity contribution < 1.29 is 0 Å². The van der Waals surface area contributed by atoms with Gasteiger partial charge in [0.2, 0.25) is 0 Å². The Balaban J connectivity index is 2.06. The van der Waals surface area contributed by atoms with E-state index in [0.717, 1.165) is 29.4 Å². The first-order valence-corrected chi connectivity index (χ1v) is 7.17. The quantitative estimate of drug-likeness (QED) is 0.738. The average Bonchev–Trinajstić information content (AvgIpc) is 2.97. The first-order valence-electron chi connectivity index (χ1n) is 7.17. The SMILES string of the molecule is O=c1ncn(C2CCCCC2)c2c1cnc1[nH]ccc12. The van der Waals surface area contributed by atoms with Gasteiger partial charge in [0.05, 0.1) is 17.2 Å². The minimum Gasteiger partial charge on any atom is -0.346 e. The molecule has 0 aliphatic heterocycles. The van der Waals surface area contributed by atoms with Crippen LogP contribution < -0.4 is 5.56 Å². The zero-order valence-electron chi connectivity index (χ0n) is 11.2. The van der Waals surface area contributed by atoms with Gasteiger partial charge in [0, 0.05) is 23.8 Å². The molecule has 3 aromatic rings. The summed E-state index contributed by atoms with van der Waals surface area (Å²) in [5.74, 6) is 0. The highest BCUT2D eigenvalue weighted by atomic mass is 16.1. The van der Waals surface area contributed by atoms with E-state index in [1.54, 1.807) is 12.5 Å². The lowest BCUT2D eigenvalue weighted by Crippen LogP contribution is -2.19. The Hall–Kier alpha value is -2.17. The molecule has 0 spiro atoms. The van der Waals surface area contributed by atoms with Crippen molar-refractivity contribution in [2.75, 3.05) is 0 Å². The molecule has 0 radical (unpaired) electrons. The molecule has 5 nitrogen and oxygen atoms in total. The van der Waals surface area contributed by atoms with Crippen molar-refractivity contribution in [2.24, 2.45) is 0 Å². The molecule has 1 aliphatic rings. The number of fused-ring (bicyclic) bond motifs is 3. The van der Waals surface area contributed by atoms with E-state index in [9.17, 15) is 4.79 Å². The topological polar surface area (TPSA) is 63.6 Å². The summed E-state index contributed by atoms with van der Waals surface area (Å²) >= 11 is 0. The molecule has 5 heteroatoms. The highest BCUT2D eigenvalue weighted by Crippen LogP contribution is 2.31. The predicted octanol–water partition coefficient (Wildman–Crippen LogP) is 2.78. The van der Waals surface area contributed by atoms with Crippen LogP contribution in [0, 0.1) is 0 Å². The Bertz CT molecular complexity index is 827. The highest BCUT2D eigenvalue weighted by Gasteiger charge is 2.19. The monoisotopic (exact) mass is 268 g/mol. The zero-order valence-corrected chi connectivity index (χ0v) is 11.2. The largest absolute Gasteiger partial charge is 0.346 e. The lowest BCUT2D eigenvalue weighted by molar-refractivity contribution is 0.357. The van der Waals surface area contributed by atoms with E-state index in [1.165, 1.54) is 19.3 Å². The van der Waals surface area contributed by atoms with Gasteiger partial charge < -0.3 is 9.55 Å². The second kappa shape index (κ2) is 4.44. The van der Waals surface area contributed by atoms with Crippen molar-refractivity contribution >= 4 is 21.9 Å². The third-order valence-corrected chi connectivity index (χ3v) is 4.31. The number of pyridine rings is 1. The Morgan fingerprint density at radius 2 is 2.00 bits per heavy atom. The maximum absolute atomic E-state index is 12.0. The molecule has 0 amide bonds. The van der Waals surface area contributed by atoms with Gasteiger partial charge in [-0.3, -0.25) is 4.79 Å². The molecule has 1 fully saturated rings. The van der Waals surface area contributed by atoms with Gasteiger partial charge in [-0.2, -0.15) is 4.98 Å². The zero-order chi connectivity index (χ0) is 13.5. The van der Waals surface area contributed by atoms with Crippen molar-refractivity contribution in [3.8, 4) is 0 Å². The standard InChI is InChI=1S/C15H16N4O/c20-15-12-8-17-14-11(6-7-16-14)13(12)19(9-18-15)10-4-2-1-3-5-10/h6-10H,1-5H2,(H,16,17). The Morgan fingerprint density at radius 3 is 2.85 bits per heavy atom. The molecule has 1 aliphatic carbocycles. The van der Waals surface area contributed by atoms with E-state index < -0.39 is 0 Å². The molecular formula is C15H16N4O. The normalized spacial score (nSPS) is 17.0. The summed E-state index contributed by atoms with van der Waals surface area (Å²) in [7, 11) is 0. The minimum absolute atomic E-state index is 0.192. The molecule has 1 saturated carbocycles. The van der Waals surface area contributed by atoms with Crippen molar-refractivity contribution in [3.05, 3.63) is 35.1 Å². The van der Waals surface area contributed by atoms with Crippen LogP contribution in [0.25, 0.3) is 21.9 Å². The van der Waals surface area contributed by atoms with Crippen molar-refractivity contribution in [1.29, 1.82) is 0 Å². The molecule has 1 N–H and O–H groups in total. The Labute approximate surface area is 115 Å². The number of nitrogens with zero attached hydrogens (tertiary/aromatic N) is 3. The van der Waals surface area contributed by atoms with Gasteiger partial charge in [0.15, 0.2) is 0 Å². The van der Waals surface area contributed by atoms with Gasteiger partial charge in [0.1, 0.15) is 5.65 Å². The predicted molar refractivity (Wildman–Crippen MR) is 77.8 cm³/mol. The lowest BCUT2D eigenvalue weighted by Gasteiger charge is -2.25. The van der Waals surface area contributed by atoms with Gasteiger partial charge in [0.25, 0.3) is 5.56 Å². The van der Waals surface area contributed by atoms with Crippen LogP contribution in [-0.4, -0.2) is 19.5 Å². The van der Waals surface area contributed by atoms with Gasteiger partial charge in [-0.05, 0) is 18.9 Å². The number of hydrogen-bond donors (Lipinski definition) is 1. The molecule has 102 valence electrons. The van der Waals surface area contributed by atoms with E-state index in [1.807, 2.05) is 12.3 Å². The van der Waals surface area contributed by atoms with Crippen LogP contribution in [-0.2, 0) is 0 Å². The molecule has 3 heterocycles. The molecule has 0 aromatic carbocycles. The number of rotatable bonds is 1. The Morgan fingerprint density at radius 1 is 1.15 bits per heavy atom. The summed E-state index contributed by atoms with van der Waals surface area (Å²) in [6.07, 6.45) is 11.4. The summed E-state index contributed by atoms with van der Waals surface area (Å²) in [6.45, 7) is 0. The van der Waals surface area contributed by atoms with Crippen LogP contribution >= 0.6 is 0 Å². The minimum atomic E-state index is -0.192. The summed E-state index contributed by atoms with van der Waals surface area (Å²) in [4.78, 5) is 23.5. The second-order valence-corrected chi connectivity index (χ2v) is 5.51. The van der Waals surface area contributed by atoms with E-state index in [0.29, 0.717) is 11.4 Å². The lowest BCUT2D eigenvalue weighted by atomic mass is 9.95. The summed E-state index contributed by atoms with van der Waals surface area (Å²) in [6, 6.07) is 2.43. The van der Waals surface area contributed by atoms with Gasteiger partial charge >= 0.3 is 0 Å². The smallest absolute Gasteiger partial charge is 0.282 e. The fourth-order valence-electron chi connectivity index (χ4n) is 3.31. The maximum atomic E-state index is 12.0. The van der Waals surface area contributed by atoms with E-state index in [2.05, 4.69) is 19.5 Å². The average molecular weight is 268 g/mol. The summed E-state index contributed by atoms with van der Waals surface area (Å²) < 4.78 is 2.19. The molecule has 3 aromatic heterocycles. The summed E-state index contributed by atoms with van der Waals surface area (Å²) in [5, 5.41) is 1.62. The number of hydrogen-bond acceptors (Lipinski definition) is 3.